The smallest absolute Gasteiger partial charge is 0.244 e. The van der Waals surface area contributed by atoms with Gasteiger partial charge in [-0.05, 0) is 47.7 Å². The van der Waals surface area contributed by atoms with Crippen LogP contribution in [0.25, 0.3) is 0 Å². The number of carbonyl (C=O) groups is 2. The lowest BCUT2D eigenvalue weighted by Crippen LogP contribution is -2.53. The number of amides is 2. The molecule has 1 N–H and O–H groups in total. The minimum atomic E-state index is -3.84. The number of nitrogens with one attached hydrogen (secondary N) is 1. The van der Waals surface area contributed by atoms with Gasteiger partial charge >= 0.3 is 0 Å². The average molecular weight is 554 g/mol. The van der Waals surface area contributed by atoms with Crippen LogP contribution in [0.15, 0.2) is 78.9 Å². The fourth-order valence-corrected chi connectivity index (χ4v) is 5.11. The van der Waals surface area contributed by atoms with Gasteiger partial charge in [-0.1, -0.05) is 74.5 Å². The van der Waals surface area contributed by atoms with E-state index in [1.165, 1.54) is 17.0 Å². The number of para-hydroxylation sites is 1. The van der Waals surface area contributed by atoms with Crippen molar-refractivity contribution in [1.29, 1.82) is 0 Å². The van der Waals surface area contributed by atoms with Crippen molar-refractivity contribution in [2.75, 3.05) is 23.7 Å². The summed E-state index contributed by atoms with van der Waals surface area (Å²) in [6.07, 6.45) is 1.27. The molecule has 9 heteroatoms. The standard InChI is InChI=1S/C30H36FN3O4S/c1-22(2)19-32-30(36)28(18-24-11-6-5-7-12-24)33(20-25-14-16-26(31)17-15-25)29(35)21-34(39(4,37)38)27-13-9-8-10-23(27)3/h5-17,22,28H,18-21H2,1-4H3,(H,32,36)/t28-/m1/s1. The quantitative estimate of drug-likeness (QED) is 0.362. The monoisotopic (exact) mass is 553 g/mol. The predicted octanol–water partition coefficient (Wildman–Crippen LogP) is 4.31. The van der Waals surface area contributed by atoms with Crippen LogP contribution in [-0.4, -0.2) is 50.5 Å². The third-order valence-electron chi connectivity index (χ3n) is 6.29. The Labute approximate surface area is 230 Å². The molecule has 0 saturated carbocycles. The highest BCUT2D eigenvalue weighted by molar-refractivity contribution is 7.92. The summed E-state index contributed by atoms with van der Waals surface area (Å²) >= 11 is 0. The summed E-state index contributed by atoms with van der Waals surface area (Å²) in [4.78, 5) is 28.9. The molecule has 0 unspecified atom stereocenters. The Balaban J connectivity index is 2.05. The maximum Gasteiger partial charge on any atom is 0.244 e. The molecule has 0 bridgehead atoms. The number of aryl methyl sites for hydroxylation is 1. The van der Waals surface area contributed by atoms with Crippen LogP contribution < -0.4 is 9.62 Å². The molecule has 7 nitrogen and oxygen atoms in total. The van der Waals surface area contributed by atoms with Gasteiger partial charge < -0.3 is 10.2 Å². The molecule has 0 aliphatic carbocycles. The van der Waals surface area contributed by atoms with E-state index in [9.17, 15) is 22.4 Å². The van der Waals surface area contributed by atoms with E-state index in [4.69, 9.17) is 0 Å². The molecule has 3 aromatic carbocycles. The summed E-state index contributed by atoms with van der Waals surface area (Å²) in [5, 5.41) is 2.93. The number of carbonyl (C=O) groups excluding carboxylic acids is 2. The van der Waals surface area contributed by atoms with E-state index in [1.54, 1.807) is 43.3 Å². The highest BCUT2D eigenvalue weighted by atomic mass is 32.2. The largest absolute Gasteiger partial charge is 0.354 e. The highest BCUT2D eigenvalue weighted by Gasteiger charge is 2.33. The summed E-state index contributed by atoms with van der Waals surface area (Å²) in [5.41, 5.74) is 2.54. The van der Waals surface area contributed by atoms with Crippen molar-refractivity contribution in [2.24, 2.45) is 5.92 Å². The predicted molar refractivity (Wildman–Crippen MR) is 152 cm³/mol. The van der Waals surface area contributed by atoms with Gasteiger partial charge in [-0.25, -0.2) is 12.8 Å². The number of anilines is 1. The third kappa shape index (κ3) is 8.64. The van der Waals surface area contributed by atoms with E-state index < -0.39 is 34.3 Å². The molecule has 0 spiro atoms. The first-order chi connectivity index (χ1) is 18.5. The lowest BCUT2D eigenvalue weighted by atomic mass is 10.0. The average Bonchev–Trinajstić information content (AvgIpc) is 2.89. The fraction of sp³-hybridized carbons (Fsp3) is 0.333. The summed E-state index contributed by atoms with van der Waals surface area (Å²) in [5.74, 6) is -1.12. The van der Waals surface area contributed by atoms with Crippen LogP contribution in [0.2, 0.25) is 0 Å². The van der Waals surface area contributed by atoms with Crippen LogP contribution in [0.4, 0.5) is 10.1 Å². The first-order valence-corrected chi connectivity index (χ1v) is 14.7. The van der Waals surface area contributed by atoms with Crippen molar-refractivity contribution in [3.8, 4) is 0 Å². The molecular formula is C30H36FN3O4S. The van der Waals surface area contributed by atoms with Gasteiger partial charge in [0.15, 0.2) is 0 Å². The number of sulfonamides is 1. The number of rotatable bonds is 12. The maximum absolute atomic E-state index is 14.0. The Kier molecular flexibility index (Phi) is 10.2. The van der Waals surface area contributed by atoms with Crippen LogP contribution in [0.1, 0.15) is 30.5 Å². The minimum Gasteiger partial charge on any atom is -0.354 e. The maximum atomic E-state index is 14.0. The molecule has 0 aromatic heterocycles. The van der Waals surface area contributed by atoms with Crippen molar-refractivity contribution >= 4 is 27.5 Å². The van der Waals surface area contributed by atoms with Crippen molar-refractivity contribution in [3.63, 3.8) is 0 Å². The van der Waals surface area contributed by atoms with E-state index in [0.717, 1.165) is 16.1 Å². The van der Waals surface area contributed by atoms with Gasteiger partial charge in [0.05, 0.1) is 11.9 Å². The number of hydrogen-bond acceptors (Lipinski definition) is 4. The van der Waals surface area contributed by atoms with Crippen molar-refractivity contribution in [3.05, 3.63) is 101 Å². The van der Waals surface area contributed by atoms with Gasteiger partial charge in [0.25, 0.3) is 0 Å². The number of benzene rings is 3. The molecule has 0 fully saturated rings. The lowest BCUT2D eigenvalue weighted by molar-refractivity contribution is -0.140. The van der Waals surface area contributed by atoms with Crippen molar-refractivity contribution in [2.45, 2.75) is 39.8 Å². The second-order valence-corrected chi connectivity index (χ2v) is 12.0. The molecule has 0 heterocycles. The molecule has 208 valence electrons. The zero-order valence-electron chi connectivity index (χ0n) is 22.8. The molecule has 0 aliphatic heterocycles. The number of halogens is 1. The van der Waals surface area contributed by atoms with Crippen LogP contribution in [0.5, 0.6) is 0 Å². The Morgan fingerprint density at radius 1 is 0.897 bits per heavy atom. The summed E-state index contributed by atoms with van der Waals surface area (Å²) in [7, 11) is -3.84. The van der Waals surface area contributed by atoms with Gasteiger partial charge in [-0.15, -0.1) is 0 Å². The van der Waals surface area contributed by atoms with E-state index in [-0.39, 0.29) is 24.8 Å². The third-order valence-corrected chi connectivity index (χ3v) is 7.41. The topological polar surface area (TPSA) is 86.8 Å². The lowest BCUT2D eigenvalue weighted by Gasteiger charge is -2.34. The zero-order chi connectivity index (χ0) is 28.6. The molecule has 3 rings (SSSR count). The van der Waals surface area contributed by atoms with Gasteiger partial charge in [-0.3, -0.25) is 13.9 Å². The summed E-state index contributed by atoms with van der Waals surface area (Å²) in [6, 6.07) is 21.0. The normalized spacial score (nSPS) is 12.2. The van der Waals surface area contributed by atoms with Crippen LogP contribution in [0, 0.1) is 18.7 Å². The second-order valence-electron chi connectivity index (χ2n) is 10.0. The fourth-order valence-electron chi connectivity index (χ4n) is 4.20. The molecule has 2 amide bonds. The van der Waals surface area contributed by atoms with Gasteiger partial charge in [0.2, 0.25) is 21.8 Å². The Bertz CT molecular complexity index is 1360. The Hall–Kier alpha value is -3.72. The molecule has 1 atom stereocenters. The second kappa shape index (κ2) is 13.4. The van der Waals surface area contributed by atoms with Crippen molar-refractivity contribution in [1.82, 2.24) is 10.2 Å². The van der Waals surface area contributed by atoms with Gasteiger partial charge in [-0.2, -0.15) is 0 Å². The van der Waals surface area contributed by atoms with E-state index >= 15 is 0 Å². The first-order valence-electron chi connectivity index (χ1n) is 12.8. The molecule has 0 aliphatic rings. The van der Waals surface area contributed by atoms with Gasteiger partial charge in [0, 0.05) is 19.5 Å². The van der Waals surface area contributed by atoms with E-state index in [1.807, 2.05) is 44.2 Å². The number of nitrogens with zero attached hydrogens (tertiary/aromatic N) is 2. The molecule has 0 saturated heterocycles. The Morgan fingerprint density at radius 3 is 2.10 bits per heavy atom. The molecule has 0 radical (unpaired) electrons. The molecule has 39 heavy (non-hydrogen) atoms. The number of hydrogen-bond donors (Lipinski definition) is 1. The Morgan fingerprint density at radius 2 is 1.51 bits per heavy atom. The van der Waals surface area contributed by atoms with E-state index in [0.29, 0.717) is 23.4 Å². The SMILES string of the molecule is Cc1ccccc1N(CC(=O)N(Cc1ccc(F)cc1)[C@H](Cc1ccccc1)C(=O)NCC(C)C)S(C)(=O)=O. The van der Waals surface area contributed by atoms with Crippen molar-refractivity contribution < 1.29 is 22.4 Å². The minimum absolute atomic E-state index is 0.00289. The van der Waals surface area contributed by atoms with E-state index in [2.05, 4.69) is 5.32 Å². The highest BCUT2D eigenvalue weighted by Crippen LogP contribution is 2.23. The van der Waals surface area contributed by atoms with Crippen LogP contribution >= 0.6 is 0 Å². The molecule has 3 aromatic rings. The molecular weight excluding hydrogens is 517 g/mol. The summed E-state index contributed by atoms with van der Waals surface area (Å²) in [6.45, 7) is 5.64. The van der Waals surface area contributed by atoms with Gasteiger partial charge in [0.1, 0.15) is 18.4 Å². The summed E-state index contributed by atoms with van der Waals surface area (Å²) < 4.78 is 40.4. The first kappa shape index (κ1) is 29.8. The van der Waals surface area contributed by atoms with Crippen LogP contribution in [-0.2, 0) is 32.6 Å². The zero-order valence-corrected chi connectivity index (χ0v) is 23.6. The van der Waals surface area contributed by atoms with Crippen LogP contribution in [0.3, 0.4) is 0 Å².